The van der Waals surface area contributed by atoms with Crippen molar-refractivity contribution in [2.45, 2.75) is 44.8 Å². The van der Waals surface area contributed by atoms with Crippen LogP contribution in [0.3, 0.4) is 0 Å². The van der Waals surface area contributed by atoms with Crippen LogP contribution in [0.2, 0.25) is 0 Å². The number of sulfone groups is 1. The highest BCUT2D eigenvalue weighted by Gasteiger charge is 2.38. The summed E-state index contributed by atoms with van der Waals surface area (Å²) in [6.07, 6.45) is 2.19. The van der Waals surface area contributed by atoms with Gasteiger partial charge < -0.3 is 5.73 Å². The number of rotatable bonds is 4. The van der Waals surface area contributed by atoms with Gasteiger partial charge in [-0.3, -0.25) is 4.90 Å². The van der Waals surface area contributed by atoms with Gasteiger partial charge >= 0.3 is 0 Å². The summed E-state index contributed by atoms with van der Waals surface area (Å²) in [5.41, 5.74) is 5.87. The van der Waals surface area contributed by atoms with Crippen molar-refractivity contribution >= 4 is 9.84 Å². The first kappa shape index (κ1) is 12.9. The molecule has 0 spiro atoms. The highest BCUT2D eigenvalue weighted by molar-refractivity contribution is 7.91. The van der Waals surface area contributed by atoms with Crippen LogP contribution in [-0.4, -0.2) is 50.0 Å². The predicted molar refractivity (Wildman–Crippen MR) is 62.6 cm³/mol. The normalized spacial score (nSPS) is 32.1. The van der Waals surface area contributed by atoms with Crippen LogP contribution in [-0.2, 0) is 9.84 Å². The van der Waals surface area contributed by atoms with Crippen LogP contribution in [0.5, 0.6) is 0 Å². The van der Waals surface area contributed by atoms with Gasteiger partial charge in [-0.15, -0.1) is 0 Å². The molecule has 0 aliphatic carbocycles. The summed E-state index contributed by atoms with van der Waals surface area (Å²) in [6, 6.07) is 0.176. The van der Waals surface area contributed by atoms with Crippen molar-refractivity contribution in [2.75, 3.05) is 18.6 Å². The third-order valence-corrected chi connectivity index (χ3v) is 5.03. The second kappa shape index (κ2) is 4.80. The smallest absolute Gasteiger partial charge is 0.153 e. The Labute approximate surface area is 92.7 Å². The lowest BCUT2D eigenvalue weighted by Gasteiger charge is -2.32. The first-order valence-electron chi connectivity index (χ1n) is 5.55. The third-order valence-electron chi connectivity index (χ3n) is 3.29. The highest BCUT2D eigenvalue weighted by atomic mass is 32.2. The van der Waals surface area contributed by atoms with Crippen molar-refractivity contribution in [3.05, 3.63) is 0 Å². The van der Waals surface area contributed by atoms with Gasteiger partial charge in [0.05, 0.1) is 11.5 Å². The Morgan fingerprint density at radius 1 is 1.47 bits per heavy atom. The summed E-state index contributed by atoms with van der Waals surface area (Å²) >= 11 is 0. The lowest BCUT2D eigenvalue weighted by Crippen LogP contribution is -2.48. The molecule has 0 bridgehead atoms. The molecule has 1 rings (SSSR count). The van der Waals surface area contributed by atoms with Gasteiger partial charge in [0, 0.05) is 18.1 Å². The molecule has 0 aromatic rings. The molecule has 1 fully saturated rings. The molecule has 4 nitrogen and oxygen atoms in total. The first-order chi connectivity index (χ1) is 6.87. The molecule has 1 aliphatic heterocycles. The fourth-order valence-corrected chi connectivity index (χ4v) is 4.17. The monoisotopic (exact) mass is 234 g/mol. The minimum Gasteiger partial charge on any atom is -0.325 e. The maximum Gasteiger partial charge on any atom is 0.153 e. The molecule has 0 aromatic heterocycles. The number of likely N-dealkylation sites (N-methyl/N-ethyl adjacent to an activating group) is 1. The summed E-state index contributed by atoms with van der Waals surface area (Å²) < 4.78 is 22.9. The van der Waals surface area contributed by atoms with E-state index in [4.69, 9.17) is 5.73 Å². The Kier molecular flexibility index (Phi) is 4.14. The average molecular weight is 234 g/mol. The fourth-order valence-electron chi connectivity index (χ4n) is 2.22. The van der Waals surface area contributed by atoms with Crippen LogP contribution in [0.25, 0.3) is 0 Å². The van der Waals surface area contributed by atoms with Crippen LogP contribution in [0, 0.1) is 0 Å². The van der Waals surface area contributed by atoms with Gasteiger partial charge in [-0.2, -0.15) is 0 Å². The molecule has 1 heterocycles. The zero-order valence-electron chi connectivity index (χ0n) is 9.81. The molecule has 0 saturated carbocycles. The van der Waals surface area contributed by atoms with Gasteiger partial charge in [-0.1, -0.05) is 13.3 Å². The van der Waals surface area contributed by atoms with Crippen LogP contribution < -0.4 is 5.73 Å². The maximum atomic E-state index is 11.4. The molecule has 15 heavy (non-hydrogen) atoms. The molecule has 0 aromatic carbocycles. The molecule has 90 valence electrons. The Hall–Kier alpha value is -0.130. The van der Waals surface area contributed by atoms with Gasteiger partial charge in [0.25, 0.3) is 0 Å². The lowest BCUT2D eigenvalue weighted by atomic mass is 10.1. The minimum absolute atomic E-state index is 0.00319. The molecule has 2 N–H and O–H groups in total. The Morgan fingerprint density at radius 2 is 2.07 bits per heavy atom. The quantitative estimate of drug-likeness (QED) is 0.756. The summed E-state index contributed by atoms with van der Waals surface area (Å²) in [7, 11) is -0.927. The van der Waals surface area contributed by atoms with Crippen molar-refractivity contribution in [1.29, 1.82) is 0 Å². The molecule has 3 unspecified atom stereocenters. The molecule has 0 amide bonds. The maximum absolute atomic E-state index is 11.4. The standard InChI is InChI=1S/C10H22N2O2S/c1-4-5-8(2)12(3)10-7-15(13,14)6-9(10)11/h8-10H,4-7,11H2,1-3H3. The largest absolute Gasteiger partial charge is 0.325 e. The van der Waals surface area contributed by atoms with Crippen molar-refractivity contribution in [1.82, 2.24) is 4.90 Å². The van der Waals surface area contributed by atoms with Gasteiger partial charge in [0.15, 0.2) is 9.84 Å². The Bertz CT molecular complexity index is 303. The zero-order valence-corrected chi connectivity index (χ0v) is 10.6. The second-order valence-electron chi connectivity index (χ2n) is 4.61. The first-order valence-corrected chi connectivity index (χ1v) is 7.37. The number of hydrogen-bond acceptors (Lipinski definition) is 4. The minimum atomic E-state index is -2.90. The Balaban J connectivity index is 2.64. The van der Waals surface area contributed by atoms with E-state index in [1.807, 2.05) is 7.05 Å². The lowest BCUT2D eigenvalue weighted by molar-refractivity contribution is 0.177. The van der Waals surface area contributed by atoms with E-state index in [0.29, 0.717) is 6.04 Å². The number of hydrogen-bond donors (Lipinski definition) is 1. The van der Waals surface area contributed by atoms with E-state index in [9.17, 15) is 8.42 Å². The van der Waals surface area contributed by atoms with E-state index in [1.165, 1.54) is 0 Å². The number of nitrogens with two attached hydrogens (primary N) is 1. The molecule has 1 aliphatic rings. The molecule has 5 heteroatoms. The summed E-state index contributed by atoms with van der Waals surface area (Å²) in [6.45, 7) is 4.26. The third kappa shape index (κ3) is 3.16. The Morgan fingerprint density at radius 3 is 2.47 bits per heavy atom. The van der Waals surface area contributed by atoms with Crippen LogP contribution >= 0.6 is 0 Å². The van der Waals surface area contributed by atoms with Gasteiger partial charge in [0.1, 0.15) is 0 Å². The summed E-state index contributed by atoms with van der Waals surface area (Å²) in [4.78, 5) is 2.12. The van der Waals surface area contributed by atoms with Crippen LogP contribution in [0.15, 0.2) is 0 Å². The topological polar surface area (TPSA) is 63.4 Å². The van der Waals surface area contributed by atoms with E-state index in [1.54, 1.807) is 0 Å². The average Bonchev–Trinajstić information content (AvgIpc) is 2.39. The molecule has 3 atom stereocenters. The van der Waals surface area contributed by atoms with Crippen molar-refractivity contribution in [2.24, 2.45) is 5.73 Å². The van der Waals surface area contributed by atoms with Crippen molar-refractivity contribution < 1.29 is 8.42 Å². The molecular weight excluding hydrogens is 212 g/mol. The highest BCUT2D eigenvalue weighted by Crippen LogP contribution is 2.19. The van der Waals surface area contributed by atoms with E-state index in [2.05, 4.69) is 18.7 Å². The zero-order chi connectivity index (χ0) is 11.6. The predicted octanol–water partition coefficient (Wildman–Crippen LogP) is 0.231. The van der Waals surface area contributed by atoms with E-state index < -0.39 is 9.84 Å². The van der Waals surface area contributed by atoms with Gasteiger partial charge in [-0.05, 0) is 20.4 Å². The second-order valence-corrected chi connectivity index (χ2v) is 6.77. The molecule has 1 saturated heterocycles. The molecule has 0 radical (unpaired) electrons. The van der Waals surface area contributed by atoms with E-state index >= 15 is 0 Å². The van der Waals surface area contributed by atoms with Crippen molar-refractivity contribution in [3.8, 4) is 0 Å². The van der Waals surface area contributed by atoms with Crippen LogP contribution in [0.4, 0.5) is 0 Å². The van der Waals surface area contributed by atoms with Gasteiger partial charge in [-0.25, -0.2) is 8.42 Å². The van der Waals surface area contributed by atoms with Gasteiger partial charge in [0.2, 0.25) is 0 Å². The van der Waals surface area contributed by atoms with E-state index in [-0.39, 0.29) is 23.6 Å². The number of nitrogens with zero attached hydrogens (tertiary/aromatic N) is 1. The SMILES string of the molecule is CCCC(C)N(C)C1CS(=O)(=O)CC1N. The summed E-state index contributed by atoms with van der Waals surface area (Å²) in [5, 5.41) is 0. The molecular formula is C10H22N2O2S. The van der Waals surface area contributed by atoms with Crippen LogP contribution in [0.1, 0.15) is 26.7 Å². The van der Waals surface area contributed by atoms with E-state index in [0.717, 1.165) is 12.8 Å². The fraction of sp³-hybridized carbons (Fsp3) is 1.00. The van der Waals surface area contributed by atoms with Crippen molar-refractivity contribution in [3.63, 3.8) is 0 Å². The summed E-state index contributed by atoms with van der Waals surface area (Å²) in [5.74, 6) is 0.361.